The van der Waals surface area contributed by atoms with Crippen LogP contribution in [0, 0.1) is 0 Å². The van der Waals surface area contributed by atoms with Crippen LogP contribution < -0.4 is 9.46 Å². The molecule has 5 aromatic rings. The maximum atomic E-state index is 14.2. The number of halogens is 3. The average Bonchev–Trinajstić information content (AvgIpc) is 3.61. The van der Waals surface area contributed by atoms with Gasteiger partial charge in [0, 0.05) is 6.07 Å². The number of fused-ring (bicyclic) bond motifs is 1. The molecule has 6 rings (SSSR count). The van der Waals surface area contributed by atoms with Crippen molar-refractivity contribution in [2.24, 2.45) is 0 Å². The van der Waals surface area contributed by atoms with E-state index >= 15 is 0 Å². The Morgan fingerprint density at radius 3 is 2.29 bits per heavy atom. The van der Waals surface area contributed by atoms with Crippen LogP contribution in [-0.2, 0) is 30.9 Å². The number of ether oxygens (including phenoxy) is 1. The van der Waals surface area contributed by atoms with Crippen LogP contribution in [0.5, 0.6) is 11.5 Å². The number of imidazole rings is 1. The Morgan fingerprint density at radius 2 is 1.63 bits per heavy atom. The van der Waals surface area contributed by atoms with E-state index < -0.39 is 55.0 Å². The lowest BCUT2D eigenvalue weighted by Gasteiger charge is -2.33. The number of alkyl halides is 3. The van der Waals surface area contributed by atoms with E-state index in [9.17, 15) is 40.3 Å². The van der Waals surface area contributed by atoms with Gasteiger partial charge in [-0.1, -0.05) is 60.7 Å². The molecule has 0 spiro atoms. The second kappa shape index (κ2) is 13.2. The molecule has 256 valence electrons. The quantitative estimate of drug-likeness (QED) is 0.117. The summed E-state index contributed by atoms with van der Waals surface area (Å²) in [5.41, 5.74) is 1.51. The summed E-state index contributed by atoms with van der Waals surface area (Å²) in [6.07, 6.45) is -6.12. The first kappa shape index (κ1) is 33.9. The third kappa shape index (κ3) is 7.40. The minimum Gasteiger partial charge on any atom is -0.457 e. The van der Waals surface area contributed by atoms with Crippen LogP contribution in [0.4, 0.5) is 13.2 Å². The number of carbonyl (C=O) groups excluding carboxylic acids is 2. The fourth-order valence-electron chi connectivity index (χ4n) is 5.21. The van der Waals surface area contributed by atoms with Crippen molar-refractivity contribution in [1.29, 1.82) is 0 Å². The van der Waals surface area contributed by atoms with Gasteiger partial charge in [0.15, 0.2) is 0 Å². The van der Waals surface area contributed by atoms with Crippen LogP contribution in [0.3, 0.4) is 0 Å². The number of nitrogens with zero attached hydrogens (tertiary/aromatic N) is 2. The molecule has 1 unspecified atom stereocenters. The predicted octanol–water partition coefficient (Wildman–Crippen LogP) is 6.58. The number of rotatable bonds is 10. The van der Waals surface area contributed by atoms with Gasteiger partial charge >= 0.3 is 12.1 Å². The highest BCUT2D eigenvalue weighted by Crippen LogP contribution is 2.56. The molecular formula is C32H27F3N4O8S2. The zero-order valence-electron chi connectivity index (χ0n) is 25.1. The normalized spacial score (nSPS) is 17.4. The van der Waals surface area contributed by atoms with Crippen molar-refractivity contribution in [3.05, 3.63) is 120 Å². The van der Waals surface area contributed by atoms with E-state index in [-0.39, 0.29) is 28.9 Å². The van der Waals surface area contributed by atoms with Gasteiger partial charge in [0.05, 0.1) is 22.3 Å². The summed E-state index contributed by atoms with van der Waals surface area (Å²) in [6.45, 7) is 0. The third-order valence-electron chi connectivity index (χ3n) is 7.51. The van der Waals surface area contributed by atoms with Crippen molar-refractivity contribution in [3.8, 4) is 11.5 Å². The number of para-hydroxylation sites is 3. The van der Waals surface area contributed by atoms with E-state index in [0.717, 1.165) is 12.1 Å². The second-order valence-electron chi connectivity index (χ2n) is 10.9. The van der Waals surface area contributed by atoms with Gasteiger partial charge in [-0.15, -0.1) is 10.8 Å². The topological polar surface area (TPSA) is 171 Å². The summed E-state index contributed by atoms with van der Waals surface area (Å²) in [6, 6.07) is 24.1. The molecule has 49 heavy (non-hydrogen) atoms. The molecule has 0 aliphatic carbocycles. The van der Waals surface area contributed by atoms with Gasteiger partial charge in [0.1, 0.15) is 28.6 Å². The van der Waals surface area contributed by atoms with Gasteiger partial charge in [0.2, 0.25) is 5.91 Å². The van der Waals surface area contributed by atoms with E-state index in [2.05, 4.69) is 14.7 Å². The van der Waals surface area contributed by atoms with Crippen molar-refractivity contribution in [2.75, 3.05) is 0 Å². The minimum atomic E-state index is -5.57. The summed E-state index contributed by atoms with van der Waals surface area (Å²) in [5.74, 6) is -3.08. The minimum absolute atomic E-state index is 0.0216. The number of hydroxylamine groups is 1. The van der Waals surface area contributed by atoms with Gasteiger partial charge in [0.25, 0.3) is 10.0 Å². The number of carbonyl (C=O) groups is 2. The molecule has 1 aromatic heterocycles. The highest BCUT2D eigenvalue weighted by molar-refractivity contribution is 8.23. The van der Waals surface area contributed by atoms with Gasteiger partial charge in [-0.2, -0.15) is 13.2 Å². The molecule has 0 bridgehead atoms. The molecule has 2 heterocycles. The molecule has 1 saturated heterocycles. The largest absolute Gasteiger partial charge is 0.492 e. The molecular weight excluding hydrogens is 690 g/mol. The Bertz CT molecular complexity index is 2080. The molecule has 1 fully saturated rings. The van der Waals surface area contributed by atoms with Crippen molar-refractivity contribution in [2.45, 2.75) is 35.2 Å². The maximum absolute atomic E-state index is 14.2. The third-order valence-corrected chi connectivity index (χ3v) is 10.9. The molecule has 1 aliphatic rings. The van der Waals surface area contributed by atoms with E-state index in [4.69, 9.17) is 9.57 Å². The summed E-state index contributed by atoms with van der Waals surface area (Å²) in [5, 5.41) is -0.949. The monoisotopic (exact) mass is 716 g/mol. The molecule has 1 amide bonds. The molecule has 2 atom stereocenters. The van der Waals surface area contributed by atoms with E-state index in [1.54, 1.807) is 54.6 Å². The van der Waals surface area contributed by atoms with Crippen LogP contribution in [0.1, 0.15) is 34.7 Å². The number of sulfonamides is 1. The summed E-state index contributed by atoms with van der Waals surface area (Å²) < 4.78 is 97.9. The summed E-state index contributed by atoms with van der Waals surface area (Å²) in [7, 11) is -8.55. The SMILES string of the molecule is O=C1CC(c2ccc(C[C@@H](c3nc4ccccc4[nH]3)N(OC(=O)C(F)(F)F)S(=O)(=O)c3cccc(Oc4ccccc4)c3)cc2)S(O)(O)N1. The Balaban J connectivity index is 1.42. The van der Waals surface area contributed by atoms with Crippen LogP contribution in [0.15, 0.2) is 108 Å². The Kier molecular flexibility index (Phi) is 9.12. The lowest BCUT2D eigenvalue weighted by atomic mass is 10.0. The number of hydrogen-bond donors (Lipinski definition) is 4. The molecule has 0 radical (unpaired) electrons. The summed E-state index contributed by atoms with van der Waals surface area (Å²) >= 11 is 0. The molecule has 4 aromatic carbocycles. The zero-order valence-corrected chi connectivity index (χ0v) is 26.7. The van der Waals surface area contributed by atoms with E-state index in [1.807, 2.05) is 0 Å². The molecule has 17 heteroatoms. The first-order valence-corrected chi connectivity index (χ1v) is 17.5. The van der Waals surface area contributed by atoms with Crippen LogP contribution in [0.25, 0.3) is 11.0 Å². The second-order valence-corrected chi connectivity index (χ2v) is 14.7. The van der Waals surface area contributed by atoms with Gasteiger partial charge in [-0.3, -0.25) is 18.6 Å². The predicted molar refractivity (Wildman–Crippen MR) is 171 cm³/mol. The Morgan fingerprint density at radius 1 is 0.959 bits per heavy atom. The molecule has 12 nitrogen and oxygen atoms in total. The smallest absolute Gasteiger partial charge is 0.457 e. The van der Waals surface area contributed by atoms with Crippen molar-refractivity contribution < 1.29 is 49.9 Å². The average molecular weight is 717 g/mol. The highest BCUT2D eigenvalue weighted by atomic mass is 32.3. The number of amides is 1. The van der Waals surface area contributed by atoms with E-state index in [1.165, 1.54) is 36.4 Å². The zero-order chi connectivity index (χ0) is 35.0. The first-order valence-electron chi connectivity index (χ1n) is 14.5. The fraction of sp³-hybridized carbons (Fsp3) is 0.156. The first-order chi connectivity index (χ1) is 23.2. The Labute approximate surface area is 279 Å². The van der Waals surface area contributed by atoms with Gasteiger partial charge < -0.3 is 14.6 Å². The van der Waals surface area contributed by atoms with E-state index in [0.29, 0.717) is 27.9 Å². The maximum Gasteiger partial charge on any atom is 0.492 e. The van der Waals surface area contributed by atoms with Crippen molar-refractivity contribution in [3.63, 3.8) is 0 Å². The van der Waals surface area contributed by atoms with Crippen LogP contribution >= 0.6 is 10.8 Å². The number of aromatic amines is 1. The number of nitrogens with one attached hydrogen (secondary N) is 2. The van der Waals surface area contributed by atoms with Crippen molar-refractivity contribution in [1.82, 2.24) is 19.2 Å². The molecule has 0 saturated carbocycles. The van der Waals surface area contributed by atoms with Crippen LogP contribution in [-0.4, -0.2) is 50.0 Å². The van der Waals surface area contributed by atoms with Crippen molar-refractivity contribution >= 4 is 43.7 Å². The number of benzene rings is 4. The Hall–Kier alpha value is -4.94. The number of aromatic nitrogens is 2. The molecule has 4 N–H and O–H groups in total. The lowest BCUT2D eigenvalue weighted by molar-refractivity contribution is -0.227. The van der Waals surface area contributed by atoms with Crippen LogP contribution in [0.2, 0.25) is 0 Å². The summed E-state index contributed by atoms with van der Waals surface area (Å²) in [4.78, 5) is 35.6. The number of H-pyrrole nitrogens is 1. The standard InChI is InChI=1S/C32H27F3N4O8S2/c33-32(34,35)31(41)47-39(49(44,45)24-10-6-9-23(18-24)46-22-7-2-1-3-8-22)27(30-36-25-11-4-5-12-26(25)37-30)17-20-13-15-21(16-14-20)28-19-29(40)38-48(28,42)43/h1-16,18,27-28,42-43H,17,19H2,(H,36,37)(H,38,40)/t27-,28?/m0/s1. The number of hydrogen-bond acceptors (Lipinski definition) is 9. The van der Waals surface area contributed by atoms with Gasteiger partial charge in [-0.25, -0.2) is 18.2 Å². The van der Waals surface area contributed by atoms with Gasteiger partial charge in [-0.05, 0) is 58.4 Å². The highest BCUT2D eigenvalue weighted by Gasteiger charge is 2.47. The molecule has 1 aliphatic heterocycles. The lowest BCUT2D eigenvalue weighted by Crippen LogP contribution is -2.42. The fourth-order valence-corrected chi connectivity index (χ4v) is 8.09.